The molecule has 2 aromatic heterocycles. The fraction of sp³-hybridized carbons (Fsp3) is 0.143. The van der Waals surface area contributed by atoms with E-state index in [2.05, 4.69) is 21.2 Å². The minimum atomic E-state index is 0.00282. The molecule has 0 amide bonds. The molecule has 0 saturated carbocycles. The van der Waals surface area contributed by atoms with Gasteiger partial charge < -0.3 is 14.2 Å². The molecule has 3 aromatic rings. The summed E-state index contributed by atoms with van der Waals surface area (Å²) >= 11 is 3.50. The smallest absolute Gasteiger partial charge is 0.148 e. The molecule has 2 heterocycles. The topological polar surface area (TPSA) is 38.3 Å². The Balaban J connectivity index is 2.11. The van der Waals surface area contributed by atoms with Crippen LogP contribution in [0.15, 0.2) is 56.2 Å². The fourth-order valence-corrected chi connectivity index (χ4v) is 2.56. The van der Waals surface area contributed by atoms with Crippen LogP contribution in [0, 0.1) is 0 Å². The monoisotopic (exact) mass is 305 g/mol. The van der Waals surface area contributed by atoms with Crippen molar-refractivity contribution in [1.82, 2.24) is 5.32 Å². The maximum atomic E-state index is 5.92. The minimum absolute atomic E-state index is 0.00282. The van der Waals surface area contributed by atoms with Gasteiger partial charge in [-0.1, -0.05) is 12.1 Å². The molecule has 1 unspecified atom stereocenters. The molecule has 0 spiro atoms. The predicted octanol–water partition coefficient (Wildman–Crippen LogP) is 4.10. The summed E-state index contributed by atoms with van der Waals surface area (Å²) in [7, 11) is 1.90. The Morgan fingerprint density at radius 2 is 2.17 bits per heavy atom. The van der Waals surface area contributed by atoms with Crippen molar-refractivity contribution in [1.29, 1.82) is 0 Å². The van der Waals surface area contributed by atoms with Crippen molar-refractivity contribution < 1.29 is 8.83 Å². The lowest BCUT2D eigenvalue weighted by Crippen LogP contribution is -2.16. The van der Waals surface area contributed by atoms with Crippen LogP contribution in [0.1, 0.15) is 17.4 Å². The standard InChI is InChI=1S/C14H12BrNO2/c1-16-13(10-5-6-17-8-10)12-7-9-3-2-4-11(15)14(9)18-12/h2-8,13,16H,1H3. The van der Waals surface area contributed by atoms with Gasteiger partial charge in [-0.2, -0.15) is 0 Å². The largest absolute Gasteiger partial charge is 0.472 e. The van der Waals surface area contributed by atoms with E-state index in [0.29, 0.717) is 0 Å². The highest BCUT2D eigenvalue weighted by atomic mass is 79.9. The highest BCUT2D eigenvalue weighted by molar-refractivity contribution is 9.10. The van der Waals surface area contributed by atoms with Crippen LogP contribution in [0.25, 0.3) is 11.0 Å². The highest BCUT2D eigenvalue weighted by Gasteiger charge is 2.18. The second-order valence-electron chi connectivity index (χ2n) is 4.09. The number of rotatable bonds is 3. The Hall–Kier alpha value is -1.52. The summed E-state index contributed by atoms with van der Waals surface area (Å²) in [5, 5.41) is 4.32. The van der Waals surface area contributed by atoms with E-state index >= 15 is 0 Å². The lowest BCUT2D eigenvalue weighted by molar-refractivity contribution is 0.485. The molecule has 0 aliphatic carbocycles. The summed E-state index contributed by atoms with van der Waals surface area (Å²) in [6.45, 7) is 0. The number of fused-ring (bicyclic) bond motifs is 1. The molecule has 0 fully saturated rings. The molecule has 4 heteroatoms. The van der Waals surface area contributed by atoms with E-state index in [1.807, 2.05) is 37.4 Å². The summed E-state index contributed by atoms with van der Waals surface area (Å²) in [4.78, 5) is 0. The lowest BCUT2D eigenvalue weighted by atomic mass is 10.1. The first-order valence-corrected chi connectivity index (χ1v) is 6.46. The molecule has 3 nitrogen and oxygen atoms in total. The number of nitrogens with one attached hydrogen (secondary N) is 1. The van der Waals surface area contributed by atoms with Crippen LogP contribution in [0.4, 0.5) is 0 Å². The van der Waals surface area contributed by atoms with E-state index < -0.39 is 0 Å². The first-order chi connectivity index (χ1) is 8.79. The van der Waals surface area contributed by atoms with Crippen LogP contribution in [-0.4, -0.2) is 7.05 Å². The van der Waals surface area contributed by atoms with Gasteiger partial charge in [0.05, 0.1) is 23.0 Å². The zero-order chi connectivity index (χ0) is 12.5. The third kappa shape index (κ3) is 1.87. The number of hydrogen-bond donors (Lipinski definition) is 1. The fourth-order valence-electron chi connectivity index (χ4n) is 2.10. The van der Waals surface area contributed by atoms with Gasteiger partial charge in [0, 0.05) is 10.9 Å². The maximum Gasteiger partial charge on any atom is 0.148 e. The number of halogens is 1. The maximum absolute atomic E-state index is 5.92. The van der Waals surface area contributed by atoms with Crippen molar-refractivity contribution in [3.8, 4) is 0 Å². The van der Waals surface area contributed by atoms with Crippen molar-refractivity contribution >= 4 is 26.9 Å². The van der Waals surface area contributed by atoms with E-state index in [0.717, 1.165) is 26.8 Å². The third-order valence-electron chi connectivity index (χ3n) is 2.96. The summed E-state index contributed by atoms with van der Waals surface area (Å²) in [6, 6.07) is 10.00. The number of hydrogen-bond acceptors (Lipinski definition) is 3. The lowest BCUT2D eigenvalue weighted by Gasteiger charge is -2.10. The molecular formula is C14H12BrNO2. The number of furan rings is 2. The Morgan fingerprint density at radius 1 is 1.28 bits per heavy atom. The highest BCUT2D eigenvalue weighted by Crippen LogP contribution is 2.32. The van der Waals surface area contributed by atoms with E-state index in [9.17, 15) is 0 Å². The van der Waals surface area contributed by atoms with Crippen LogP contribution in [0.2, 0.25) is 0 Å². The molecule has 18 heavy (non-hydrogen) atoms. The van der Waals surface area contributed by atoms with Crippen molar-refractivity contribution in [3.63, 3.8) is 0 Å². The van der Waals surface area contributed by atoms with Crippen molar-refractivity contribution in [2.45, 2.75) is 6.04 Å². The summed E-state index contributed by atoms with van der Waals surface area (Å²) in [5.74, 6) is 0.876. The Morgan fingerprint density at radius 3 is 2.83 bits per heavy atom. The number of benzene rings is 1. The molecule has 0 aliphatic rings. The zero-order valence-electron chi connectivity index (χ0n) is 9.81. The second kappa shape index (κ2) is 4.63. The van der Waals surface area contributed by atoms with Crippen molar-refractivity contribution in [2.75, 3.05) is 7.05 Å². The van der Waals surface area contributed by atoms with Crippen LogP contribution < -0.4 is 5.32 Å². The predicted molar refractivity (Wildman–Crippen MR) is 73.5 cm³/mol. The molecule has 92 valence electrons. The van der Waals surface area contributed by atoms with Crippen LogP contribution in [0.3, 0.4) is 0 Å². The Kier molecular flexibility index (Phi) is 2.97. The summed E-state index contributed by atoms with van der Waals surface area (Å²) in [6.07, 6.45) is 3.39. The van der Waals surface area contributed by atoms with E-state index in [1.54, 1.807) is 12.5 Å². The van der Waals surface area contributed by atoms with E-state index in [1.165, 1.54) is 0 Å². The van der Waals surface area contributed by atoms with E-state index in [4.69, 9.17) is 8.83 Å². The van der Waals surface area contributed by atoms with Gasteiger partial charge in [-0.3, -0.25) is 0 Å². The molecule has 1 N–H and O–H groups in total. The molecule has 3 rings (SSSR count). The van der Waals surface area contributed by atoms with Gasteiger partial charge in [0.25, 0.3) is 0 Å². The van der Waals surface area contributed by atoms with Crippen LogP contribution in [-0.2, 0) is 0 Å². The molecule has 1 atom stereocenters. The van der Waals surface area contributed by atoms with Crippen molar-refractivity contribution in [3.05, 3.63) is 58.7 Å². The first kappa shape index (κ1) is 11.6. The molecule has 0 bridgehead atoms. The zero-order valence-corrected chi connectivity index (χ0v) is 11.4. The molecular weight excluding hydrogens is 294 g/mol. The molecule has 1 aromatic carbocycles. The van der Waals surface area contributed by atoms with Crippen molar-refractivity contribution in [2.24, 2.45) is 0 Å². The number of para-hydroxylation sites is 1. The van der Waals surface area contributed by atoms with Crippen LogP contribution in [0.5, 0.6) is 0 Å². The molecule has 0 radical (unpaired) electrons. The van der Waals surface area contributed by atoms with Gasteiger partial charge in [0.15, 0.2) is 0 Å². The average molecular weight is 306 g/mol. The molecule has 0 aliphatic heterocycles. The molecule has 0 saturated heterocycles. The summed E-state index contributed by atoms with van der Waals surface area (Å²) < 4.78 is 12.0. The van der Waals surface area contributed by atoms with Gasteiger partial charge in [0.1, 0.15) is 11.3 Å². The van der Waals surface area contributed by atoms with Gasteiger partial charge >= 0.3 is 0 Å². The Labute approximate surface area is 113 Å². The SMILES string of the molecule is CNC(c1ccoc1)c1cc2cccc(Br)c2o1. The normalized spacial score (nSPS) is 13.0. The van der Waals surface area contributed by atoms with E-state index in [-0.39, 0.29) is 6.04 Å². The quantitative estimate of drug-likeness (QED) is 0.792. The average Bonchev–Trinajstić information content (AvgIpc) is 3.00. The first-order valence-electron chi connectivity index (χ1n) is 5.67. The van der Waals surface area contributed by atoms with Gasteiger partial charge in [-0.15, -0.1) is 0 Å². The second-order valence-corrected chi connectivity index (χ2v) is 4.94. The summed E-state index contributed by atoms with van der Waals surface area (Å²) in [5.41, 5.74) is 1.92. The van der Waals surface area contributed by atoms with Gasteiger partial charge in [0.2, 0.25) is 0 Å². The van der Waals surface area contributed by atoms with Crippen LogP contribution >= 0.6 is 15.9 Å². The van der Waals surface area contributed by atoms with Gasteiger partial charge in [-0.05, 0) is 41.2 Å². The van der Waals surface area contributed by atoms with Gasteiger partial charge in [-0.25, -0.2) is 0 Å². The third-order valence-corrected chi connectivity index (χ3v) is 3.59. The Bertz CT molecular complexity index is 658. The minimum Gasteiger partial charge on any atom is -0.472 e.